The average molecular weight is 207 g/mol. The fourth-order valence-corrected chi connectivity index (χ4v) is 2.09. The third-order valence-electron chi connectivity index (χ3n) is 2.85. The molecule has 0 aromatic heterocycles. The molecule has 3 heteroatoms. The molecule has 1 aliphatic heterocycles. The standard InChI is InChI=1S/C12H14FNO/c1-8-7-10-5-3-4-6-11(10)14(9(2)15)12(8)13/h3-6,8,12H,7H2,1-2H3/t8-,12-/m1/s1. The number of nitrogens with zero attached hydrogens (tertiary/aromatic N) is 1. The first-order chi connectivity index (χ1) is 7.11. The van der Waals surface area contributed by atoms with Crippen molar-refractivity contribution in [3.8, 4) is 0 Å². The third-order valence-corrected chi connectivity index (χ3v) is 2.85. The Bertz CT molecular complexity index is 391. The molecule has 2 nitrogen and oxygen atoms in total. The fourth-order valence-electron chi connectivity index (χ4n) is 2.09. The summed E-state index contributed by atoms with van der Waals surface area (Å²) < 4.78 is 13.9. The molecular weight excluding hydrogens is 193 g/mol. The van der Waals surface area contributed by atoms with E-state index in [0.29, 0.717) is 6.42 Å². The minimum atomic E-state index is -1.20. The first-order valence-electron chi connectivity index (χ1n) is 5.13. The van der Waals surface area contributed by atoms with Crippen LogP contribution in [0.15, 0.2) is 24.3 Å². The number of rotatable bonds is 0. The van der Waals surface area contributed by atoms with Crippen LogP contribution in [0, 0.1) is 5.92 Å². The lowest BCUT2D eigenvalue weighted by Gasteiger charge is -2.35. The van der Waals surface area contributed by atoms with Gasteiger partial charge in [-0.25, -0.2) is 4.39 Å². The maximum absolute atomic E-state index is 13.9. The van der Waals surface area contributed by atoms with Gasteiger partial charge in [-0.3, -0.25) is 9.69 Å². The van der Waals surface area contributed by atoms with Crippen LogP contribution in [0.25, 0.3) is 0 Å². The lowest BCUT2D eigenvalue weighted by Crippen LogP contribution is -2.44. The van der Waals surface area contributed by atoms with Gasteiger partial charge in [0.25, 0.3) is 0 Å². The van der Waals surface area contributed by atoms with Crippen molar-refractivity contribution in [1.29, 1.82) is 0 Å². The van der Waals surface area contributed by atoms with Crippen molar-refractivity contribution < 1.29 is 9.18 Å². The molecule has 1 heterocycles. The number of para-hydroxylation sites is 1. The quantitative estimate of drug-likeness (QED) is 0.599. The predicted molar refractivity (Wildman–Crippen MR) is 57.4 cm³/mol. The second-order valence-electron chi connectivity index (χ2n) is 4.07. The van der Waals surface area contributed by atoms with E-state index in [2.05, 4.69) is 0 Å². The number of anilines is 1. The molecule has 1 aromatic carbocycles. The van der Waals surface area contributed by atoms with E-state index in [1.165, 1.54) is 11.8 Å². The van der Waals surface area contributed by atoms with E-state index in [1.807, 2.05) is 25.1 Å². The molecule has 0 unspecified atom stereocenters. The van der Waals surface area contributed by atoms with Crippen LogP contribution in [0.4, 0.5) is 10.1 Å². The van der Waals surface area contributed by atoms with Crippen LogP contribution >= 0.6 is 0 Å². The summed E-state index contributed by atoms with van der Waals surface area (Å²) >= 11 is 0. The Kier molecular flexibility index (Phi) is 2.47. The van der Waals surface area contributed by atoms with E-state index in [4.69, 9.17) is 0 Å². The van der Waals surface area contributed by atoms with Gasteiger partial charge in [-0.1, -0.05) is 25.1 Å². The Morgan fingerprint density at radius 1 is 1.47 bits per heavy atom. The zero-order valence-corrected chi connectivity index (χ0v) is 8.90. The van der Waals surface area contributed by atoms with Crippen LogP contribution in [-0.2, 0) is 11.2 Å². The van der Waals surface area contributed by atoms with Gasteiger partial charge in [0.15, 0.2) is 6.30 Å². The van der Waals surface area contributed by atoms with Gasteiger partial charge in [-0.15, -0.1) is 0 Å². The highest BCUT2D eigenvalue weighted by Gasteiger charge is 2.33. The Labute approximate surface area is 88.7 Å². The number of carbonyl (C=O) groups excluding carboxylic acids is 1. The Morgan fingerprint density at radius 2 is 2.13 bits per heavy atom. The van der Waals surface area contributed by atoms with Crippen LogP contribution in [0.2, 0.25) is 0 Å². The number of halogens is 1. The highest BCUT2D eigenvalue weighted by molar-refractivity contribution is 5.93. The van der Waals surface area contributed by atoms with E-state index < -0.39 is 6.30 Å². The summed E-state index contributed by atoms with van der Waals surface area (Å²) in [6.45, 7) is 3.23. The lowest BCUT2D eigenvalue weighted by atomic mass is 9.93. The largest absolute Gasteiger partial charge is 0.281 e. The molecule has 0 bridgehead atoms. The van der Waals surface area contributed by atoms with Gasteiger partial charge >= 0.3 is 0 Å². The van der Waals surface area contributed by atoms with Gasteiger partial charge in [0.05, 0.1) is 0 Å². The van der Waals surface area contributed by atoms with E-state index in [0.717, 1.165) is 11.3 Å². The Balaban J connectivity index is 2.49. The number of amides is 1. The minimum absolute atomic E-state index is 0.135. The molecule has 0 saturated heterocycles. The van der Waals surface area contributed by atoms with Crippen LogP contribution in [0.1, 0.15) is 19.4 Å². The molecule has 0 saturated carbocycles. The number of hydrogen-bond donors (Lipinski definition) is 0. The van der Waals surface area contributed by atoms with Crippen molar-refractivity contribution in [2.75, 3.05) is 4.90 Å². The van der Waals surface area contributed by atoms with Crippen LogP contribution < -0.4 is 4.90 Å². The number of alkyl halides is 1. The molecule has 2 rings (SSSR count). The average Bonchev–Trinajstić information content (AvgIpc) is 2.19. The first kappa shape index (κ1) is 10.1. The Hall–Kier alpha value is -1.38. The highest BCUT2D eigenvalue weighted by Crippen LogP contribution is 2.34. The molecule has 15 heavy (non-hydrogen) atoms. The number of benzene rings is 1. The van der Waals surface area contributed by atoms with Crippen molar-refractivity contribution >= 4 is 11.6 Å². The van der Waals surface area contributed by atoms with Crippen molar-refractivity contribution in [3.05, 3.63) is 29.8 Å². The van der Waals surface area contributed by atoms with E-state index in [1.54, 1.807) is 6.07 Å². The van der Waals surface area contributed by atoms with Gasteiger partial charge in [0, 0.05) is 18.5 Å². The minimum Gasteiger partial charge on any atom is -0.281 e. The third kappa shape index (κ3) is 1.62. The maximum atomic E-state index is 13.9. The molecule has 1 aromatic rings. The first-order valence-corrected chi connectivity index (χ1v) is 5.13. The zero-order valence-electron chi connectivity index (χ0n) is 8.90. The SMILES string of the molecule is CC(=O)N1c2ccccc2C[C@@H](C)[C@@H]1F. The summed E-state index contributed by atoms with van der Waals surface area (Å²) in [6, 6.07) is 7.50. The number of fused-ring (bicyclic) bond motifs is 1. The summed E-state index contributed by atoms with van der Waals surface area (Å²) in [5.74, 6) is -0.370. The van der Waals surface area contributed by atoms with Crippen LogP contribution in [0.5, 0.6) is 0 Å². The molecule has 1 amide bonds. The highest BCUT2D eigenvalue weighted by atomic mass is 19.1. The molecule has 80 valence electrons. The molecule has 0 fully saturated rings. The summed E-state index contributed by atoms with van der Waals surface area (Å²) in [5, 5.41) is 0. The second-order valence-corrected chi connectivity index (χ2v) is 4.07. The monoisotopic (exact) mass is 207 g/mol. The fraction of sp³-hybridized carbons (Fsp3) is 0.417. The van der Waals surface area contributed by atoms with Crippen molar-refractivity contribution in [3.63, 3.8) is 0 Å². The maximum Gasteiger partial charge on any atom is 0.226 e. The number of hydrogen-bond acceptors (Lipinski definition) is 1. The van der Waals surface area contributed by atoms with Gasteiger partial charge in [-0.2, -0.15) is 0 Å². The van der Waals surface area contributed by atoms with E-state index >= 15 is 0 Å². The predicted octanol–water partition coefficient (Wildman–Crippen LogP) is 2.53. The second kappa shape index (κ2) is 3.65. The van der Waals surface area contributed by atoms with E-state index in [-0.39, 0.29) is 11.8 Å². The van der Waals surface area contributed by atoms with Crippen molar-refractivity contribution in [2.24, 2.45) is 5.92 Å². The summed E-state index contributed by atoms with van der Waals surface area (Å²) in [5.41, 5.74) is 1.77. The molecule has 0 N–H and O–H groups in total. The summed E-state index contributed by atoms with van der Waals surface area (Å²) in [6.07, 6.45) is -0.501. The van der Waals surface area contributed by atoms with Crippen LogP contribution in [-0.4, -0.2) is 12.2 Å². The van der Waals surface area contributed by atoms with Crippen molar-refractivity contribution in [2.45, 2.75) is 26.6 Å². The van der Waals surface area contributed by atoms with Gasteiger partial charge in [0.1, 0.15) is 0 Å². The molecule has 1 aliphatic rings. The molecule has 0 radical (unpaired) electrons. The van der Waals surface area contributed by atoms with E-state index in [9.17, 15) is 9.18 Å². The van der Waals surface area contributed by atoms with Crippen molar-refractivity contribution in [1.82, 2.24) is 0 Å². The number of carbonyl (C=O) groups is 1. The lowest BCUT2D eigenvalue weighted by molar-refractivity contribution is -0.118. The van der Waals surface area contributed by atoms with Gasteiger partial charge < -0.3 is 0 Å². The normalized spacial score (nSPS) is 24.9. The summed E-state index contributed by atoms with van der Waals surface area (Å²) in [4.78, 5) is 12.7. The topological polar surface area (TPSA) is 20.3 Å². The summed E-state index contributed by atoms with van der Waals surface area (Å²) in [7, 11) is 0. The molecule has 2 atom stereocenters. The van der Waals surface area contributed by atoms with Gasteiger partial charge in [-0.05, 0) is 18.1 Å². The molecule has 0 spiro atoms. The smallest absolute Gasteiger partial charge is 0.226 e. The Morgan fingerprint density at radius 3 is 2.80 bits per heavy atom. The van der Waals surface area contributed by atoms with Crippen LogP contribution in [0.3, 0.4) is 0 Å². The molecule has 0 aliphatic carbocycles. The van der Waals surface area contributed by atoms with Gasteiger partial charge in [0.2, 0.25) is 5.91 Å². The zero-order chi connectivity index (χ0) is 11.0. The molecular formula is C12H14FNO.